The Hall–Kier alpha value is -0.900. The van der Waals surface area contributed by atoms with Crippen molar-refractivity contribution in [3.05, 3.63) is 11.9 Å². The van der Waals surface area contributed by atoms with Gasteiger partial charge in [-0.25, -0.2) is 4.68 Å². The molecular weight excluding hydrogens is 140 g/mol. The normalized spacial score (nSPS) is 25.1. The summed E-state index contributed by atoms with van der Waals surface area (Å²) in [5.74, 6) is 0. The highest BCUT2D eigenvalue weighted by Crippen LogP contribution is 2.12. The summed E-state index contributed by atoms with van der Waals surface area (Å²) in [4.78, 5) is 2.30. The lowest BCUT2D eigenvalue weighted by atomic mass is 10.2. The monoisotopic (exact) mass is 152 g/mol. The summed E-state index contributed by atoms with van der Waals surface area (Å²) < 4.78 is 1.98. The van der Waals surface area contributed by atoms with Crippen molar-refractivity contribution in [1.29, 1.82) is 0 Å². The molecule has 0 radical (unpaired) electrons. The largest absolute Gasteiger partial charge is 0.296 e. The zero-order valence-electron chi connectivity index (χ0n) is 6.86. The molecule has 0 amide bonds. The molecule has 0 spiro atoms. The predicted octanol–water partition coefficient (Wildman–Crippen LogP) is 0.112. The van der Waals surface area contributed by atoms with Crippen molar-refractivity contribution in [2.24, 2.45) is 0 Å². The van der Waals surface area contributed by atoms with Crippen molar-refractivity contribution in [3.63, 3.8) is 0 Å². The van der Waals surface area contributed by atoms with Crippen LogP contribution < -0.4 is 0 Å². The maximum Gasteiger partial charge on any atom is 0.0738 e. The smallest absolute Gasteiger partial charge is 0.0738 e. The summed E-state index contributed by atoms with van der Waals surface area (Å²) >= 11 is 0. The van der Waals surface area contributed by atoms with Crippen LogP contribution >= 0.6 is 0 Å². The van der Waals surface area contributed by atoms with Crippen LogP contribution in [0.5, 0.6) is 0 Å². The lowest BCUT2D eigenvalue weighted by Crippen LogP contribution is -2.38. The SMILES string of the molecule is CC1Cn2nncc2CN1C. The summed E-state index contributed by atoms with van der Waals surface area (Å²) in [6.07, 6.45) is 1.84. The fourth-order valence-electron chi connectivity index (χ4n) is 1.36. The molecule has 0 aliphatic carbocycles. The molecule has 0 N–H and O–H groups in total. The molecule has 4 nitrogen and oxygen atoms in total. The van der Waals surface area contributed by atoms with Gasteiger partial charge in [0.25, 0.3) is 0 Å². The first-order valence-electron chi connectivity index (χ1n) is 3.85. The van der Waals surface area contributed by atoms with Gasteiger partial charge in [0, 0.05) is 12.6 Å². The minimum atomic E-state index is 0.573. The van der Waals surface area contributed by atoms with E-state index in [9.17, 15) is 0 Å². The van der Waals surface area contributed by atoms with Crippen LogP contribution in [0.15, 0.2) is 6.20 Å². The summed E-state index contributed by atoms with van der Waals surface area (Å²) in [6.45, 7) is 4.13. The summed E-state index contributed by atoms with van der Waals surface area (Å²) in [7, 11) is 2.13. The molecule has 0 bridgehead atoms. The molecule has 0 saturated carbocycles. The van der Waals surface area contributed by atoms with E-state index in [0.29, 0.717) is 6.04 Å². The molecule has 60 valence electrons. The first-order chi connectivity index (χ1) is 5.27. The van der Waals surface area contributed by atoms with Gasteiger partial charge in [0.05, 0.1) is 18.4 Å². The molecule has 1 atom stereocenters. The Kier molecular flexibility index (Phi) is 1.42. The van der Waals surface area contributed by atoms with Crippen molar-refractivity contribution in [1.82, 2.24) is 19.9 Å². The third-order valence-corrected chi connectivity index (χ3v) is 2.30. The lowest BCUT2D eigenvalue weighted by molar-refractivity contribution is 0.182. The van der Waals surface area contributed by atoms with Crippen molar-refractivity contribution in [3.8, 4) is 0 Å². The topological polar surface area (TPSA) is 34.0 Å². The minimum absolute atomic E-state index is 0.573. The first kappa shape index (κ1) is 6.79. The highest BCUT2D eigenvalue weighted by molar-refractivity contribution is 4.97. The van der Waals surface area contributed by atoms with Crippen molar-refractivity contribution in [2.75, 3.05) is 7.05 Å². The molecule has 4 heteroatoms. The molecule has 0 aromatic carbocycles. The Balaban J connectivity index is 2.30. The zero-order chi connectivity index (χ0) is 7.84. The van der Waals surface area contributed by atoms with E-state index < -0.39 is 0 Å². The molecule has 11 heavy (non-hydrogen) atoms. The second-order valence-corrected chi connectivity index (χ2v) is 3.17. The predicted molar refractivity (Wildman–Crippen MR) is 41.0 cm³/mol. The molecule has 0 saturated heterocycles. The Morgan fingerprint density at radius 3 is 3.27 bits per heavy atom. The number of aromatic nitrogens is 3. The molecule has 2 heterocycles. The van der Waals surface area contributed by atoms with Gasteiger partial charge < -0.3 is 0 Å². The van der Waals surface area contributed by atoms with Gasteiger partial charge in [-0.05, 0) is 14.0 Å². The van der Waals surface area contributed by atoms with Gasteiger partial charge in [-0.15, -0.1) is 5.10 Å². The highest BCUT2D eigenvalue weighted by Gasteiger charge is 2.19. The molecule has 2 rings (SSSR count). The van der Waals surface area contributed by atoms with Crippen LogP contribution in [0.3, 0.4) is 0 Å². The van der Waals surface area contributed by atoms with E-state index in [0.717, 1.165) is 13.1 Å². The quantitative estimate of drug-likeness (QED) is 0.529. The molecule has 0 fully saturated rings. The van der Waals surface area contributed by atoms with Gasteiger partial charge in [-0.2, -0.15) is 0 Å². The maximum absolute atomic E-state index is 3.98. The Labute approximate surface area is 65.8 Å². The van der Waals surface area contributed by atoms with Crippen LogP contribution in [-0.2, 0) is 13.1 Å². The molecule has 1 aromatic heterocycles. The zero-order valence-corrected chi connectivity index (χ0v) is 6.86. The van der Waals surface area contributed by atoms with Gasteiger partial charge in [-0.3, -0.25) is 4.90 Å². The average Bonchev–Trinajstić information content (AvgIpc) is 2.36. The van der Waals surface area contributed by atoms with Crippen LogP contribution in [0.2, 0.25) is 0 Å². The number of likely N-dealkylation sites (N-methyl/N-ethyl adjacent to an activating group) is 1. The number of hydrogen-bond acceptors (Lipinski definition) is 3. The van der Waals surface area contributed by atoms with Gasteiger partial charge in [-0.1, -0.05) is 5.21 Å². The Morgan fingerprint density at radius 2 is 2.45 bits per heavy atom. The fraction of sp³-hybridized carbons (Fsp3) is 0.714. The Morgan fingerprint density at radius 1 is 1.64 bits per heavy atom. The number of hydrogen-bond donors (Lipinski definition) is 0. The van der Waals surface area contributed by atoms with Crippen LogP contribution in [0.1, 0.15) is 12.6 Å². The van der Waals surface area contributed by atoms with E-state index in [4.69, 9.17) is 0 Å². The van der Waals surface area contributed by atoms with Crippen LogP contribution in [0, 0.1) is 0 Å². The second-order valence-electron chi connectivity index (χ2n) is 3.17. The van der Waals surface area contributed by atoms with Crippen LogP contribution in [0.25, 0.3) is 0 Å². The average molecular weight is 152 g/mol. The van der Waals surface area contributed by atoms with Gasteiger partial charge in [0.1, 0.15) is 0 Å². The van der Waals surface area contributed by atoms with E-state index in [1.807, 2.05) is 10.9 Å². The lowest BCUT2D eigenvalue weighted by Gasteiger charge is -2.29. The number of fused-ring (bicyclic) bond motifs is 1. The van der Waals surface area contributed by atoms with E-state index in [2.05, 4.69) is 29.2 Å². The first-order valence-corrected chi connectivity index (χ1v) is 3.85. The minimum Gasteiger partial charge on any atom is -0.296 e. The van der Waals surface area contributed by atoms with Crippen LogP contribution in [0.4, 0.5) is 0 Å². The molecule has 1 aliphatic heterocycles. The van der Waals surface area contributed by atoms with E-state index in [1.54, 1.807) is 0 Å². The van der Waals surface area contributed by atoms with E-state index in [-0.39, 0.29) is 0 Å². The fourth-order valence-corrected chi connectivity index (χ4v) is 1.36. The van der Waals surface area contributed by atoms with Gasteiger partial charge >= 0.3 is 0 Å². The standard InChI is InChI=1S/C7H12N4/c1-6-4-11-7(3-8-9-11)5-10(6)2/h3,6H,4-5H2,1-2H3. The molecule has 1 unspecified atom stereocenters. The van der Waals surface area contributed by atoms with Crippen molar-refractivity contribution in [2.45, 2.75) is 26.1 Å². The third kappa shape index (κ3) is 1.03. The number of rotatable bonds is 0. The van der Waals surface area contributed by atoms with Gasteiger partial charge in [0.2, 0.25) is 0 Å². The summed E-state index contributed by atoms with van der Waals surface area (Å²) in [5.41, 5.74) is 1.21. The molecule has 1 aliphatic rings. The maximum atomic E-state index is 3.98. The molecular formula is C7H12N4. The van der Waals surface area contributed by atoms with Crippen molar-refractivity contribution < 1.29 is 0 Å². The Bertz CT molecular complexity index is 230. The van der Waals surface area contributed by atoms with Crippen LogP contribution in [-0.4, -0.2) is 33.0 Å². The second kappa shape index (κ2) is 2.30. The van der Waals surface area contributed by atoms with Gasteiger partial charge in [0.15, 0.2) is 0 Å². The summed E-state index contributed by atoms with van der Waals surface area (Å²) in [6, 6.07) is 0.573. The molecule has 1 aromatic rings. The number of nitrogens with zero attached hydrogens (tertiary/aromatic N) is 4. The summed E-state index contributed by atoms with van der Waals surface area (Å²) in [5, 5.41) is 7.84. The van der Waals surface area contributed by atoms with E-state index >= 15 is 0 Å². The van der Waals surface area contributed by atoms with Crippen molar-refractivity contribution >= 4 is 0 Å². The third-order valence-electron chi connectivity index (χ3n) is 2.30. The van der Waals surface area contributed by atoms with E-state index in [1.165, 1.54) is 5.69 Å². The highest BCUT2D eigenvalue weighted by atomic mass is 15.4.